The summed E-state index contributed by atoms with van der Waals surface area (Å²) in [6, 6.07) is 14.0. The topological polar surface area (TPSA) is 49.9 Å². The van der Waals surface area contributed by atoms with Crippen LogP contribution < -0.4 is 5.73 Å². The maximum Gasteiger partial charge on any atom is 0.125 e. The second kappa shape index (κ2) is 6.33. The van der Waals surface area contributed by atoms with Crippen LogP contribution in [0.3, 0.4) is 0 Å². The van der Waals surface area contributed by atoms with Crippen LogP contribution in [0.2, 0.25) is 5.02 Å². The third-order valence-corrected chi connectivity index (χ3v) is 4.40. The molecule has 2 aromatic carbocycles. The number of hydrogen-bond acceptors (Lipinski definition) is 2. The zero-order valence-corrected chi connectivity index (χ0v) is 13.1. The Balaban J connectivity index is 2.30. The maximum atomic E-state index is 7.65. The van der Waals surface area contributed by atoms with Crippen LogP contribution in [0, 0.1) is 5.41 Å². The van der Waals surface area contributed by atoms with E-state index in [-0.39, 0.29) is 5.84 Å². The number of rotatable bonds is 4. The fourth-order valence-electron chi connectivity index (χ4n) is 1.90. The molecule has 104 valence electrons. The Kier molecular flexibility index (Phi) is 4.73. The summed E-state index contributed by atoms with van der Waals surface area (Å²) in [5.74, 6) is 0.518. The number of hydrogen-bond donors (Lipinski definition) is 2. The average molecular weight is 305 g/mol. The van der Waals surface area contributed by atoms with Gasteiger partial charge >= 0.3 is 0 Å². The highest BCUT2D eigenvalue weighted by Crippen LogP contribution is 2.34. The molecule has 0 amide bonds. The molecule has 0 radical (unpaired) electrons. The lowest BCUT2D eigenvalue weighted by Crippen LogP contribution is -2.12. The van der Waals surface area contributed by atoms with Gasteiger partial charge in [-0.2, -0.15) is 0 Å². The van der Waals surface area contributed by atoms with Crippen molar-refractivity contribution in [2.75, 3.05) is 0 Å². The number of benzene rings is 2. The largest absolute Gasteiger partial charge is 0.384 e. The lowest BCUT2D eigenvalue weighted by molar-refractivity contribution is 0.865. The Morgan fingerprint density at radius 3 is 2.35 bits per heavy atom. The monoisotopic (exact) mass is 304 g/mol. The molecule has 0 saturated heterocycles. The summed E-state index contributed by atoms with van der Waals surface area (Å²) in [5.41, 5.74) is 7.53. The lowest BCUT2D eigenvalue weighted by atomic mass is 10.0. The van der Waals surface area contributed by atoms with E-state index in [1.807, 2.05) is 12.1 Å². The summed E-state index contributed by atoms with van der Waals surface area (Å²) in [6.07, 6.45) is 0. The molecule has 0 atom stereocenters. The quantitative estimate of drug-likeness (QED) is 0.623. The van der Waals surface area contributed by atoms with Gasteiger partial charge in [0, 0.05) is 15.4 Å². The standard InChI is InChI=1S/C16H17ClN2S/c1-10(2)11-6-8-12(9-7-11)20-14-5-3-4-13(17)15(14)16(18)19/h3-10H,1-2H3,(H3,18,19). The highest BCUT2D eigenvalue weighted by molar-refractivity contribution is 7.99. The van der Waals surface area contributed by atoms with Gasteiger partial charge in [0.2, 0.25) is 0 Å². The Bertz CT molecular complexity index is 621. The van der Waals surface area contributed by atoms with Crippen molar-refractivity contribution in [3.8, 4) is 0 Å². The van der Waals surface area contributed by atoms with Gasteiger partial charge in [0.1, 0.15) is 5.84 Å². The molecule has 20 heavy (non-hydrogen) atoms. The highest BCUT2D eigenvalue weighted by Gasteiger charge is 2.11. The fourth-order valence-corrected chi connectivity index (χ4v) is 3.23. The van der Waals surface area contributed by atoms with Gasteiger partial charge in [-0.25, -0.2) is 0 Å². The third-order valence-electron chi connectivity index (χ3n) is 3.02. The first-order valence-electron chi connectivity index (χ1n) is 6.39. The number of amidine groups is 1. The van der Waals surface area contributed by atoms with Crippen LogP contribution in [0.5, 0.6) is 0 Å². The number of nitrogen functional groups attached to an aromatic ring is 1. The molecule has 0 heterocycles. The summed E-state index contributed by atoms with van der Waals surface area (Å²) >= 11 is 7.70. The van der Waals surface area contributed by atoms with Crippen LogP contribution in [0.15, 0.2) is 52.3 Å². The molecular formula is C16H17ClN2S. The van der Waals surface area contributed by atoms with Crippen LogP contribution in [0.1, 0.15) is 30.9 Å². The van der Waals surface area contributed by atoms with Gasteiger partial charge in [0.05, 0.1) is 5.02 Å². The molecule has 0 aliphatic rings. The molecule has 0 unspecified atom stereocenters. The Hall–Kier alpha value is -1.45. The molecule has 3 N–H and O–H groups in total. The normalized spacial score (nSPS) is 10.8. The van der Waals surface area contributed by atoms with Gasteiger partial charge in [-0.15, -0.1) is 0 Å². The zero-order valence-electron chi connectivity index (χ0n) is 11.5. The zero-order chi connectivity index (χ0) is 14.7. The Morgan fingerprint density at radius 1 is 1.15 bits per heavy atom. The number of nitrogens with two attached hydrogens (primary N) is 1. The average Bonchev–Trinajstić information content (AvgIpc) is 2.39. The van der Waals surface area contributed by atoms with Crippen LogP contribution >= 0.6 is 23.4 Å². The van der Waals surface area contributed by atoms with Crippen LogP contribution in [0.4, 0.5) is 0 Å². The molecule has 2 rings (SSSR count). The van der Waals surface area contributed by atoms with Crippen molar-refractivity contribution in [1.29, 1.82) is 5.41 Å². The summed E-state index contributed by atoms with van der Waals surface area (Å²) in [7, 11) is 0. The van der Waals surface area contributed by atoms with E-state index in [2.05, 4.69) is 38.1 Å². The van der Waals surface area contributed by atoms with E-state index in [0.717, 1.165) is 9.79 Å². The molecule has 0 saturated carbocycles. The van der Waals surface area contributed by atoms with E-state index in [1.165, 1.54) is 5.56 Å². The minimum atomic E-state index is -0.00287. The van der Waals surface area contributed by atoms with E-state index in [4.69, 9.17) is 22.7 Å². The van der Waals surface area contributed by atoms with Crippen molar-refractivity contribution >= 4 is 29.2 Å². The summed E-state index contributed by atoms with van der Waals surface area (Å²) in [5, 5.41) is 8.17. The third kappa shape index (κ3) is 3.35. The molecule has 0 spiro atoms. The van der Waals surface area contributed by atoms with E-state index in [0.29, 0.717) is 16.5 Å². The van der Waals surface area contributed by atoms with Crippen LogP contribution in [0.25, 0.3) is 0 Å². The molecule has 0 bridgehead atoms. The molecule has 0 aliphatic carbocycles. The number of halogens is 1. The van der Waals surface area contributed by atoms with Gasteiger partial charge in [-0.1, -0.05) is 55.4 Å². The van der Waals surface area contributed by atoms with E-state index >= 15 is 0 Å². The van der Waals surface area contributed by atoms with Crippen LogP contribution in [-0.4, -0.2) is 5.84 Å². The van der Waals surface area contributed by atoms with Crippen molar-refractivity contribution in [3.05, 3.63) is 58.6 Å². The summed E-state index contributed by atoms with van der Waals surface area (Å²) in [6.45, 7) is 4.35. The van der Waals surface area contributed by atoms with Crippen molar-refractivity contribution in [1.82, 2.24) is 0 Å². The van der Waals surface area contributed by atoms with Gasteiger partial charge in [0.15, 0.2) is 0 Å². The first kappa shape index (κ1) is 14.9. The van der Waals surface area contributed by atoms with Crippen molar-refractivity contribution in [2.24, 2.45) is 5.73 Å². The van der Waals surface area contributed by atoms with E-state index in [1.54, 1.807) is 17.8 Å². The van der Waals surface area contributed by atoms with Gasteiger partial charge in [-0.3, -0.25) is 5.41 Å². The molecule has 2 aromatic rings. The molecule has 0 aliphatic heterocycles. The molecule has 4 heteroatoms. The van der Waals surface area contributed by atoms with Crippen LogP contribution in [-0.2, 0) is 0 Å². The Labute approximate surface area is 128 Å². The van der Waals surface area contributed by atoms with E-state index in [9.17, 15) is 0 Å². The maximum absolute atomic E-state index is 7.65. The lowest BCUT2D eigenvalue weighted by Gasteiger charge is -2.10. The van der Waals surface area contributed by atoms with Crippen molar-refractivity contribution < 1.29 is 0 Å². The predicted molar refractivity (Wildman–Crippen MR) is 87.1 cm³/mol. The predicted octanol–water partition coefficient (Wildman–Crippen LogP) is 4.90. The minimum Gasteiger partial charge on any atom is -0.384 e. The van der Waals surface area contributed by atoms with E-state index < -0.39 is 0 Å². The second-order valence-electron chi connectivity index (χ2n) is 4.85. The highest BCUT2D eigenvalue weighted by atomic mass is 35.5. The fraction of sp³-hybridized carbons (Fsp3) is 0.188. The molecule has 0 aromatic heterocycles. The SMILES string of the molecule is CC(C)c1ccc(Sc2cccc(Cl)c2C(=N)N)cc1. The van der Waals surface area contributed by atoms with Gasteiger partial charge in [-0.05, 0) is 35.7 Å². The smallest absolute Gasteiger partial charge is 0.125 e. The first-order chi connectivity index (χ1) is 9.49. The van der Waals surface area contributed by atoms with Gasteiger partial charge in [0.25, 0.3) is 0 Å². The first-order valence-corrected chi connectivity index (χ1v) is 7.59. The number of nitrogens with one attached hydrogen (secondary N) is 1. The second-order valence-corrected chi connectivity index (χ2v) is 6.38. The molecule has 0 fully saturated rings. The summed E-state index contributed by atoms with van der Waals surface area (Å²) in [4.78, 5) is 2.02. The Morgan fingerprint density at radius 2 is 1.80 bits per heavy atom. The van der Waals surface area contributed by atoms with Crippen molar-refractivity contribution in [3.63, 3.8) is 0 Å². The van der Waals surface area contributed by atoms with Crippen molar-refractivity contribution in [2.45, 2.75) is 29.6 Å². The van der Waals surface area contributed by atoms with Gasteiger partial charge < -0.3 is 5.73 Å². The molecular weight excluding hydrogens is 288 g/mol. The summed E-state index contributed by atoms with van der Waals surface area (Å²) < 4.78 is 0. The molecule has 2 nitrogen and oxygen atoms in total. The minimum absolute atomic E-state index is 0.00287.